The van der Waals surface area contributed by atoms with Crippen LogP contribution in [-0.4, -0.2) is 22.9 Å². The van der Waals surface area contributed by atoms with Gasteiger partial charge in [0.25, 0.3) is 0 Å². The third-order valence-electron chi connectivity index (χ3n) is 1.30. The molecule has 0 aliphatic heterocycles. The molecule has 0 unspecified atom stereocenters. The first-order valence-corrected chi connectivity index (χ1v) is 2.96. The molecule has 1 aliphatic carbocycles. The summed E-state index contributed by atoms with van der Waals surface area (Å²) in [6, 6.07) is 0. The van der Waals surface area contributed by atoms with Crippen molar-refractivity contribution in [3.05, 3.63) is 23.7 Å². The van der Waals surface area contributed by atoms with Gasteiger partial charge in [-0.1, -0.05) is 12.2 Å². The van der Waals surface area contributed by atoms with E-state index in [9.17, 15) is 4.79 Å². The molecule has 3 nitrogen and oxygen atoms in total. The molecule has 0 saturated heterocycles. The van der Waals surface area contributed by atoms with Crippen molar-refractivity contribution in [2.45, 2.75) is 6.42 Å². The Labute approximate surface area is 58.8 Å². The van der Waals surface area contributed by atoms with Gasteiger partial charge >= 0.3 is 7.12 Å². The highest BCUT2D eigenvalue weighted by atomic mass is 16.4. The zero-order chi connectivity index (χ0) is 7.56. The molecule has 0 spiro atoms. The van der Waals surface area contributed by atoms with Crippen molar-refractivity contribution in [1.82, 2.24) is 0 Å². The summed E-state index contributed by atoms with van der Waals surface area (Å²) in [5, 5.41) is 17.2. The molecule has 0 bridgehead atoms. The van der Waals surface area contributed by atoms with Crippen molar-refractivity contribution >= 4 is 12.9 Å². The second kappa shape index (κ2) is 2.81. The van der Waals surface area contributed by atoms with Crippen LogP contribution in [0.5, 0.6) is 0 Å². The van der Waals surface area contributed by atoms with Crippen LogP contribution in [0.25, 0.3) is 0 Å². The van der Waals surface area contributed by atoms with Crippen LogP contribution in [0.2, 0.25) is 0 Å². The molecule has 2 N–H and O–H groups in total. The van der Waals surface area contributed by atoms with E-state index in [4.69, 9.17) is 10.0 Å². The molecule has 10 heavy (non-hydrogen) atoms. The zero-order valence-electron chi connectivity index (χ0n) is 5.32. The van der Waals surface area contributed by atoms with Gasteiger partial charge in [0.05, 0.1) is 0 Å². The van der Waals surface area contributed by atoms with E-state index >= 15 is 0 Å². The lowest BCUT2D eigenvalue weighted by Crippen LogP contribution is -2.18. The maximum absolute atomic E-state index is 10.6. The number of carbonyl (C=O) groups excluding carboxylic acids is 1. The summed E-state index contributed by atoms with van der Waals surface area (Å²) in [6.07, 6.45) is 4.58. The molecule has 0 amide bonds. The van der Waals surface area contributed by atoms with E-state index in [1.807, 2.05) is 0 Å². The molecule has 0 atom stereocenters. The predicted octanol–water partition coefficient (Wildman–Crippen LogP) is -0.546. The van der Waals surface area contributed by atoms with Crippen LogP contribution in [0.4, 0.5) is 0 Å². The zero-order valence-corrected chi connectivity index (χ0v) is 5.32. The average Bonchev–Trinajstić information content (AvgIpc) is 1.88. The van der Waals surface area contributed by atoms with Crippen molar-refractivity contribution in [1.29, 1.82) is 0 Å². The summed E-state index contributed by atoms with van der Waals surface area (Å²) in [5.41, 5.74) is 0.354. The predicted molar refractivity (Wildman–Crippen MR) is 37.0 cm³/mol. The number of ketones is 1. The molecular weight excluding hydrogens is 131 g/mol. The average molecular weight is 138 g/mol. The molecule has 0 fully saturated rings. The minimum Gasteiger partial charge on any atom is -0.423 e. The van der Waals surface area contributed by atoms with Crippen LogP contribution in [-0.2, 0) is 4.79 Å². The van der Waals surface area contributed by atoms with Crippen molar-refractivity contribution in [3.8, 4) is 0 Å². The van der Waals surface area contributed by atoms with Gasteiger partial charge in [-0.05, 0) is 11.5 Å². The number of allylic oxidation sites excluding steroid dienone is 4. The van der Waals surface area contributed by atoms with Gasteiger partial charge in [-0.15, -0.1) is 0 Å². The Hall–Kier alpha value is -0.865. The summed E-state index contributed by atoms with van der Waals surface area (Å²) in [6.45, 7) is 0. The first kappa shape index (κ1) is 7.24. The van der Waals surface area contributed by atoms with Gasteiger partial charge in [-0.25, -0.2) is 0 Å². The van der Waals surface area contributed by atoms with Gasteiger partial charge in [0.15, 0.2) is 5.78 Å². The van der Waals surface area contributed by atoms with Gasteiger partial charge in [0.2, 0.25) is 0 Å². The Morgan fingerprint density at radius 3 is 2.60 bits per heavy atom. The molecule has 1 aliphatic rings. The van der Waals surface area contributed by atoms with E-state index in [1.54, 1.807) is 0 Å². The van der Waals surface area contributed by atoms with Crippen LogP contribution in [0.15, 0.2) is 23.7 Å². The van der Waals surface area contributed by atoms with Crippen LogP contribution < -0.4 is 0 Å². The molecule has 52 valence electrons. The van der Waals surface area contributed by atoms with Crippen molar-refractivity contribution in [2.75, 3.05) is 0 Å². The molecule has 0 aromatic heterocycles. The first-order valence-electron chi connectivity index (χ1n) is 2.96. The first-order chi connectivity index (χ1) is 4.70. The monoisotopic (exact) mass is 138 g/mol. The summed E-state index contributed by atoms with van der Waals surface area (Å²) < 4.78 is 0. The molecule has 0 radical (unpaired) electrons. The Morgan fingerprint density at radius 2 is 2.20 bits per heavy atom. The second-order valence-corrected chi connectivity index (χ2v) is 2.12. The van der Waals surface area contributed by atoms with Gasteiger partial charge in [-0.2, -0.15) is 0 Å². The van der Waals surface area contributed by atoms with E-state index in [1.165, 1.54) is 18.2 Å². The Kier molecular flexibility index (Phi) is 2.04. The van der Waals surface area contributed by atoms with Crippen LogP contribution in [0, 0.1) is 0 Å². The van der Waals surface area contributed by atoms with E-state index < -0.39 is 7.12 Å². The maximum Gasteiger partial charge on any atom is 0.484 e. The molecular formula is C6H7BO3. The topological polar surface area (TPSA) is 57.5 Å². The summed E-state index contributed by atoms with van der Waals surface area (Å²) in [4.78, 5) is 10.6. The number of carbonyl (C=O) groups is 1. The third-order valence-corrected chi connectivity index (χ3v) is 1.30. The van der Waals surface area contributed by atoms with E-state index in [-0.39, 0.29) is 12.2 Å². The highest BCUT2D eigenvalue weighted by molar-refractivity contribution is 6.51. The van der Waals surface area contributed by atoms with E-state index in [2.05, 4.69) is 0 Å². The fourth-order valence-corrected chi connectivity index (χ4v) is 0.775. The van der Waals surface area contributed by atoms with Crippen LogP contribution >= 0.6 is 0 Å². The van der Waals surface area contributed by atoms with Gasteiger partial charge < -0.3 is 10.0 Å². The summed E-state index contributed by atoms with van der Waals surface area (Å²) in [7, 11) is -1.49. The second-order valence-electron chi connectivity index (χ2n) is 2.12. The standard InChI is InChI=1S/C6H7BO3/c8-6-3-1-2-5(4-6)7(9)10/h1-3,9-10H,4H2. The Bertz CT molecular complexity index is 205. The number of hydrogen-bond donors (Lipinski definition) is 2. The van der Waals surface area contributed by atoms with Crippen molar-refractivity contribution in [3.63, 3.8) is 0 Å². The van der Waals surface area contributed by atoms with Crippen molar-refractivity contribution in [2.24, 2.45) is 0 Å². The molecule has 0 heterocycles. The van der Waals surface area contributed by atoms with Crippen molar-refractivity contribution < 1.29 is 14.8 Å². The van der Waals surface area contributed by atoms with E-state index in [0.717, 1.165) is 0 Å². The highest BCUT2D eigenvalue weighted by Gasteiger charge is 2.17. The lowest BCUT2D eigenvalue weighted by molar-refractivity contribution is -0.114. The largest absolute Gasteiger partial charge is 0.484 e. The fraction of sp³-hybridized carbons (Fsp3) is 0.167. The molecule has 1 rings (SSSR count). The molecule has 0 saturated carbocycles. The lowest BCUT2D eigenvalue weighted by Gasteiger charge is -2.04. The smallest absolute Gasteiger partial charge is 0.423 e. The highest BCUT2D eigenvalue weighted by Crippen LogP contribution is 2.08. The Balaban J connectivity index is 2.70. The SMILES string of the molecule is O=C1C=CC=C(B(O)O)C1. The number of hydrogen-bond acceptors (Lipinski definition) is 3. The molecule has 0 aromatic carbocycles. The minimum absolute atomic E-state index is 0.0920. The number of rotatable bonds is 1. The van der Waals surface area contributed by atoms with Gasteiger partial charge in [0, 0.05) is 6.42 Å². The maximum atomic E-state index is 10.6. The van der Waals surface area contributed by atoms with Crippen LogP contribution in [0.1, 0.15) is 6.42 Å². The minimum atomic E-state index is -1.49. The Morgan fingerprint density at radius 1 is 1.50 bits per heavy atom. The summed E-state index contributed by atoms with van der Waals surface area (Å²) >= 11 is 0. The normalized spacial score (nSPS) is 17.0. The molecule has 0 aromatic rings. The van der Waals surface area contributed by atoms with Gasteiger partial charge in [-0.3, -0.25) is 4.79 Å². The quantitative estimate of drug-likeness (QED) is 0.478. The summed E-state index contributed by atoms with van der Waals surface area (Å²) in [5.74, 6) is -0.0920. The van der Waals surface area contributed by atoms with E-state index in [0.29, 0.717) is 5.47 Å². The lowest BCUT2D eigenvalue weighted by atomic mass is 9.75. The third kappa shape index (κ3) is 1.56. The van der Waals surface area contributed by atoms with Gasteiger partial charge in [0.1, 0.15) is 0 Å². The van der Waals surface area contributed by atoms with Crippen LogP contribution in [0.3, 0.4) is 0 Å². The fourth-order valence-electron chi connectivity index (χ4n) is 0.775. The molecule has 4 heteroatoms.